The number of hydrogen-bond acceptors (Lipinski definition) is 4. The molecule has 0 fully saturated rings. The number of carboxylic acid groups (broad SMARTS) is 1. The molecule has 0 atom stereocenters. The highest BCUT2D eigenvalue weighted by Crippen LogP contribution is 2.16. The minimum atomic E-state index is -1.12. The molecular weight excluding hydrogens is 174 g/mol. The van der Waals surface area contributed by atoms with Crippen molar-refractivity contribution in [2.75, 3.05) is 0 Å². The molecule has 66 valence electrons. The highest BCUT2D eigenvalue weighted by atomic mass is 16.4. The highest BCUT2D eigenvalue weighted by Gasteiger charge is 2.16. The molecule has 0 radical (unpaired) electrons. The van der Waals surface area contributed by atoms with Crippen LogP contribution in [0.3, 0.4) is 0 Å². The fourth-order valence-electron chi connectivity index (χ4n) is 0.962. The molecule has 0 aromatic carbocycles. The summed E-state index contributed by atoms with van der Waals surface area (Å²) in [4.78, 5) is 10.6. The Balaban J connectivity index is 2.52. The third-order valence-electron chi connectivity index (χ3n) is 1.52. The standard InChI is InChI=1S/C6H5N5O2/c12-6(13)5-4(9-11-10-5)3-1-7-8-2-3/h1-2H,(H,7,8)(H,12,13)(H,9,10,11). The lowest BCUT2D eigenvalue weighted by molar-refractivity contribution is 0.0691. The second-order valence-corrected chi connectivity index (χ2v) is 2.31. The van der Waals surface area contributed by atoms with Crippen LogP contribution in [0.15, 0.2) is 12.4 Å². The highest BCUT2D eigenvalue weighted by molar-refractivity contribution is 5.92. The fourth-order valence-corrected chi connectivity index (χ4v) is 0.962. The SMILES string of the molecule is O=C(O)c1n[nH]nc1-c1cn[nH]c1. The summed E-state index contributed by atoms with van der Waals surface area (Å²) in [5.41, 5.74) is 0.758. The van der Waals surface area contributed by atoms with Gasteiger partial charge in [0, 0.05) is 11.8 Å². The maximum Gasteiger partial charge on any atom is 0.358 e. The number of carboxylic acids is 1. The lowest BCUT2D eigenvalue weighted by Gasteiger charge is -1.89. The van der Waals surface area contributed by atoms with Gasteiger partial charge in [0.15, 0.2) is 5.69 Å². The van der Waals surface area contributed by atoms with E-state index in [-0.39, 0.29) is 11.4 Å². The minimum Gasteiger partial charge on any atom is -0.476 e. The molecule has 0 aliphatic carbocycles. The Kier molecular flexibility index (Phi) is 1.55. The Morgan fingerprint density at radius 3 is 2.92 bits per heavy atom. The molecule has 2 aromatic heterocycles. The predicted molar refractivity (Wildman–Crippen MR) is 40.9 cm³/mol. The van der Waals surface area contributed by atoms with E-state index in [4.69, 9.17) is 5.11 Å². The molecule has 2 rings (SSSR count). The van der Waals surface area contributed by atoms with Crippen molar-refractivity contribution in [3.63, 3.8) is 0 Å². The van der Waals surface area contributed by atoms with Gasteiger partial charge >= 0.3 is 5.97 Å². The van der Waals surface area contributed by atoms with E-state index in [1.54, 1.807) is 6.20 Å². The van der Waals surface area contributed by atoms with Crippen molar-refractivity contribution in [1.82, 2.24) is 25.6 Å². The number of nitrogens with one attached hydrogen (secondary N) is 2. The van der Waals surface area contributed by atoms with Crippen LogP contribution < -0.4 is 0 Å². The first-order valence-electron chi connectivity index (χ1n) is 3.42. The van der Waals surface area contributed by atoms with Gasteiger partial charge in [0.1, 0.15) is 5.69 Å². The topological polar surface area (TPSA) is 108 Å². The van der Waals surface area contributed by atoms with E-state index in [1.807, 2.05) is 0 Å². The number of rotatable bonds is 2. The Bertz CT molecular complexity index is 418. The Morgan fingerprint density at radius 1 is 1.46 bits per heavy atom. The van der Waals surface area contributed by atoms with Gasteiger partial charge in [0.2, 0.25) is 0 Å². The summed E-state index contributed by atoms with van der Waals surface area (Å²) >= 11 is 0. The van der Waals surface area contributed by atoms with Gasteiger partial charge in [-0.15, -0.1) is 5.10 Å². The minimum absolute atomic E-state index is 0.110. The Labute approximate surface area is 71.8 Å². The van der Waals surface area contributed by atoms with Crippen LogP contribution in [-0.2, 0) is 0 Å². The molecule has 0 spiro atoms. The van der Waals surface area contributed by atoms with E-state index in [1.165, 1.54) is 6.20 Å². The third-order valence-corrected chi connectivity index (χ3v) is 1.52. The van der Waals surface area contributed by atoms with Gasteiger partial charge in [0.25, 0.3) is 0 Å². The van der Waals surface area contributed by atoms with Gasteiger partial charge < -0.3 is 5.11 Å². The van der Waals surface area contributed by atoms with Crippen molar-refractivity contribution >= 4 is 5.97 Å². The second-order valence-electron chi connectivity index (χ2n) is 2.31. The van der Waals surface area contributed by atoms with Gasteiger partial charge in [-0.25, -0.2) is 4.79 Å². The molecular formula is C6H5N5O2. The average Bonchev–Trinajstić information content (AvgIpc) is 2.74. The number of aromatic carboxylic acids is 1. The monoisotopic (exact) mass is 179 g/mol. The third kappa shape index (κ3) is 1.15. The first-order valence-corrected chi connectivity index (χ1v) is 3.42. The van der Waals surface area contributed by atoms with Crippen molar-refractivity contribution in [2.45, 2.75) is 0 Å². The van der Waals surface area contributed by atoms with Crippen LogP contribution in [-0.4, -0.2) is 36.7 Å². The van der Waals surface area contributed by atoms with Gasteiger partial charge in [0.05, 0.1) is 6.20 Å². The lowest BCUT2D eigenvalue weighted by atomic mass is 10.2. The van der Waals surface area contributed by atoms with Gasteiger partial charge in [-0.2, -0.15) is 15.4 Å². The smallest absolute Gasteiger partial charge is 0.358 e. The van der Waals surface area contributed by atoms with Gasteiger partial charge in [-0.05, 0) is 0 Å². The molecule has 0 bridgehead atoms. The Morgan fingerprint density at radius 2 is 2.31 bits per heavy atom. The summed E-state index contributed by atoms with van der Waals surface area (Å²) in [5, 5.41) is 24.4. The summed E-state index contributed by atoms with van der Waals surface area (Å²) < 4.78 is 0. The molecule has 0 aliphatic heterocycles. The normalized spacial score (nSPS) is 10.2. The number of carbonyl (C=O) groups is 1. The summed E-state index contributed by atoms with van der Waals surface area (Å²) in [6.45, 7) is 0. The largest absolute Gasteiger partial charge is 0.476 e. The van der Waals surface area contributed by atoms with E-state index < -0.39 is 5.97 Å². The maximum atomic E-state index is 10.6. The Hall–Kier alpha value is -2.18. The number of H-pyrrole nitrogens is 2. The number of aromatic nitrogens is 5. The van der Waals surface area contributed by atoms with Crippen molar-refractivity contribution in [3.8, 4) is 11.3 Å². The molecule has 3 N–H and O–H groups in total. The van der Waals surface area contributed by atoms with E-state index in [0.29, 0.717) is 5.56 Å². The average molecular weight is 179 g/mol. The summed E-state index contributed by atoms with van der Waals surface area (Å²) in [6, 6.07) is 0. The van der Waals surface area contributed by atoms with Crippen molar-refractivity contribution in [2.24, 2.45) is 0 Å². The quantitative estimate of drug-likeness (QED) is 0.596. The van der Waals surface area contributed by atoms with Crippen LogP contribution >= 0.6 is 0 Å². The van der Waals surface area contributed by atoms with Crippen LogP contribution in [0.2, 0.25) is 0 Å². The van der Waals surface area contributed by atoms with Crippen molar-refractivity contribution < 1.29 is 9.90 Å². The van der Waals surface area contributed by atoms with Crippen molar-refractivity contribution in [1.29, 1.82) is 0 Å². The molecule has 13 heavy (non-hydrogen) atoms. The summed E-state index contributed by atoms with van der Waals surface area (Å²) in [7, 11) is 0. The molecule has 0 saturated heterocycles. The van der Waals surface area contributed by atoms with Crippen LogP contribution in [0.25, 0.3) is 11.3 Å². The molecule has 0 saturated carbocycles. The first kappa shape index (κ1) is 7.47. The molecule has 0 aliphatic rings. The second kappa shape index (κ2) is 2.70. The van der Waals surface area contributed by atoms with E-state index in [0.717, 1.165) is 0 Å². The number of aromatic amines is 2. The van der Waals surface area contributed by atoms with Gasteiger partial charge in [-0.3, -0.25) is 5.10 Å². The van der Waals surface area contributed by atoms with Crippen LogP contribution in [0.4, 0.5) is 0 Å². The zero-order valence-electron chi connectivity index (χ0n) is 6.35. The van der Waals surface area contributed by atoms with E-state index >= 15 is 0 Å². The maximum absolute atomic E-state index is 10.6. The molecule has 2 heterocycles. The lowest BCUT2D eigenvalue weighted by Crippen LogP contribution is -1.98. The van der Waals surface area contributed by atoms with Crippen LogP contribution in [0, 0.1) is 0 Å². The van der Waals surface area contributed by atoms with Crippen molar-refractivity contribution in [3.05, 3.63) is 18.1 Å². The summed E-state index contributed by atoms with van der Waals surface area (Å²) in [5.74, 6) is -1.12. The van der Waals surface area contributed by atoms with E-state index in [9.17, 15) is 4.79 Å². The number of nitrogens with zero attached hydrogens (tertiary/aromatic N) is 3. The molecule has 0 unspecified atom stereocenters. The predicted octanol–water partition coefficient (Wildman–Crippen LogP) is -0.107. The first-order chi connectivity index (χ1) is 6.29. The molecule has 7 heteroatoms. The molecule has 0 amide bonds. The zero-order chi connectivity index (χ0) is 9.26. The summed E-state index contributed by atoms with van der Waals surface area (Å²) in [6.07, 6.45) is 3.02. The van der Waals surface area contributed by atoms with Crippen LogP contribution in [0.1, 0.15) is 10.5 Å². The molecule has 7 nitrogen and oxygen atoms in total. The fraction of sp³-hybridized carbons (Fsp3) is 0. The van der Waals surface area contributed by atoms with Gasteiger partial charge in [-0.1, -0.05) is 0 Å². The zero-order valence-corrected chi connectivity index (χ0v) is 6.35. The van der Waals surface area contributed by atoms with Crippen LogP contribution in [0.5, 0.6) is 0 Å². The number of hydrogen-bond donors (Lipinski definition) is 3. The molecule has 2 aromatic rings. The van der Waals surface area contributed by atoms with E-state index in [2.05, 4.69) is 25.6 Å².